The Bertz CT molecular complexity index is 895. The summed E-state index contributed by atoms with van der Waals surface area (Å²) in [4.78, 5) is 14.7. The number of halogens is 3. The molecule has 1 amide bonds. The minimum Gasteiger partial charge on any atom is -0.268 e. The second kappa shape index (κ2) is 7.06. The van der Waals surface area contributed by atoms with Gasteiger partial charge in [0, 0.05) is 5.02 Å². The quantitative estimate of drug-likeness (QED) is 0.421. The Balaban J connectivity index is 1.94. The Morgan fingerprint density at radius 3 is 2.46 bits per heavy atom. The molecule has 1 fully saturated rings. The van der Waals surface area contributed by atoms with E-state index in [1.165, 1.54) is 16.7 Å². The van der Waals surface area contributed by atoms with Crippen LogP contribution in [0.25, 0.3) is 6.08 Å². The van der Waals surface area contributed by atoms with Crippen molar-refractivity contribution in [2.75, 3.05) is 4.90 Å². The maximum atomic E-state index is 12.7. The summed E-state index contributed by atoms with van der Waals surface area (Å²) in [6.45, 7) is 1.90. The molecule has 24 heavy (non-hydrogen) atoms. The van der Waals surface area contributed by atoms with Crippen LogP contribution in [0.15, 0.2) is 41.3 Å². The van der Waals surface area contributed by atoms with Gasteiger partial charge >= 0.3 is 0 Å². The van der Waals surface area contributed by atoms with Crippen molar-refractivity contribution in [3.63, 3.8) is 0 Å². The van der Waals surface area contributed by atoms with Crippen LogP contribution < -0.4 is 4.90 Å². The summed E-state index contributed by atoms with van der Waals surface area (Å²) in [6, 6.07) is 10.6. The Morgan fingerprint density at radius 1 is 1.04 bits per heavy atom. The first kappa shape index (κ1) is 17.8. The molecule has 0 aromatic heterocycles. The first-order valence-corrected chi connectivity index (χ1v) is 9.22. The number of amides is 1. The van der Waals surface area contributed by atoms with Crippen LogP contribution in [0.4, 0.5) is 5.69 Å². The van der Waals surface area contributed by atoms with Gasteiger partial charge in [0.05, 0.1) is 20.6 Å². The van der Waals surface area contributed by atoms with E-state index in [1.54, 1.807) is 30.3 Å². The Kier molecular flexibility index (Phi) is 5.23. The van der Waals surface area contributed by atoms with Gasteiger partial charge in [-0.15, -0.1) is 0 Å². The van der Waals surface area contributed by atoms with Crippen molar-refractivity contribution in [1.29, 1.82) is 0 Å². The van der Waals surface area contributed by atoms with Gasteiger partial charge in [-0.3, -0.25) is 9.69 Å². The molecule has 0 atom stereocenters. The van der Waals surface area contributed by atoms with Gasteiger partial charge < -0.3 is 0 Å². The molecule has 0 spiro atoms. The molecule has 0 unspecified atom stereocenters. The largest absolute Gasteiger partial charge is 0.270 e. The minimum absolute atomic E-state index is 0.184. The van der Waals surface area contributed by atoms with Crippen molar-refractivity contribution in [3.8, 4) is 0 Å². The van der Waals surface area contributed by atoms with Gasteiger partial charge in [0.25, 0.3) is 5.91 Å². The third-order valence-corrected chi connectivity index (χ3v) is 5.90. The summed E-state index contributed by atoms with van der Waals surface area (Å²) in [6.07, 6.45) is 1.75. The van der Waals surface area contributed by atoms with Crippen molar-refractivity contribution in [1.82, 2.24) is 0 Å². The van der Waals surface area contributed by atoms with Crippen LogP contribution in [0, 0.1) is 6.92 Å². The van der Waals surface area contributed by atoms with E-state index in [9.17, 15) is 4.79 Å². The predicted octanol–water partition coefficient (Wildman–Crippen LogP) is 6.36. The van der Waals surface area contributed by atoms with E-state index < -0.39 is 0 Å². The van der Waals surface area contributed by atoms with Gasteiger partial charge in [-0.1, -0.05) is 70.9 Å². The van der Waals surface area contributed by atoms with Gasteiger partial charge in [0.1, 0.15) is 0 Å². The highest BCUT2D eigenvalue weighted by Crippen LogP contribution is 2.37. The molecular weight excluding hydrogens is 405 g/mol. The smallest absolute Gasteiger partial charge is 0.268 e. The van der Waals surface area contributed by atoms with E-state index >= 15 is 0 Å². The third kappa shape index (κ3) is 3.48. The monoisotopic (exact) mass is 413 g/mol. The second-order valence-electron chi connectivity index (χ2n) is 5.12. The number of aryl methyl sites for hydroxylation is 1. The lowest BCUT2D eigenvalue weighted by atomic mass is 10.2. The van der Waals surface area contributed by atoms with Gasteiger partial charge in [0.2, 0.25) is 0 Å². The van der Waals surface area contributed by atoms with Crippen LogP contribution in [0.3, 0.4) is 0 Å². The number of thiocarbonyl (C=S) groups is 1. The van der Waals surface area contributed by atoms with Gasteiger partial charge in [0.15, 0.2) is 4.32 Å². The Labute approximate surface area is 164 Å². The number of carbonyl (C=O) groups is 1. The van der Waals surface area contributed by atoms with Crippen LogP contribution in [-0.2, 0) is 4.79 Å². The number of thioether (sulfide) groups is 1. The number of rotatable bonds is 2. The highest BCUT2D eigenvalue weighted by molar-refractivity contribution is 8.27. The minimum atomic E-state index is -0.184. The topological polar surface area (TPSA) is 20.3 Å². The van der Waals surface area contributed by atoms with Crippen LogP contribution in [0.5, 0.6) is 0 Å². The molecule has 122 valence electrons. The standard InChI is InChI=1S/C17H10Cl3NOS2/c1-9-2-4-11(8-13(9)19)21-16(22)15(24-17(21)23)7-10-3-5-12(18)14(20)6-10/h2-8H,1H3/b15-7-. The number of carbonyl (C=O) groups excluding carboxylic acids is 1. The molecule has 1 heterocycles. The fourth-order valence-corrected chi connectivity index (χ4v) is 3.95. The van der Waals surface area contributed by atoms with Crippen molar-refractivity contribution in [3.05, 3.63) is 67.5 Å². The van der Waals surface area contributed by atoms with Gasteiger partial charge in [-0.05, 0) is 48.4 Å². The Morgan fingerprint density at radius 2 is 1.79 bits per heavy atom. The molecule has 3 rings (SSSR count). The van der Waals surface area contributed by atoms with Crippen LogP contribution in [-0.4, -0.2) is 10.2 Å². The lowest BCUT2D eigenvalue weighted by Gasteiger charge is -2.15. The van der Waals surface area contributed by atoms with Crippen LogP contribution in [0.2, 0.25) is 15.1 Å². The molecular formula is C17H10Cl3NOS2. The maximum Gasteiger partial charge on any atom is 0.270 e. The molecule has 7 heteroatoms. The zero-order valence-corrected chi connectivity index (χ0v) is 16.2. The van der Waals surface area contributed by atoms with Gasteiger partial charge in [-0.25, -0.2) is 0 Å². The highest BCUT2D eigenvalue weighted by atomic mass is 35.5. The van der Waals surface area contributed by atoms with E-state index in [0.717, 1.165) is 11.1 Å². The summed E-state index contributed by atoms with van der Waals surface area (Å²) >= 11 is 24.7. The average molecular weight is 415 g/mol. The highest BCUT2D eigenvalue weighted by Gasteiger charge is 2.33. The molecule has 1 aliphatic heterocycles. The summed E-state index contributed by atoms with van der Waals surface area (Å²) in [5.74, 6) is -0.184. The van der Waals surface area contributed by atoms with Crippen LogP contribution >= 0.6 is 58.8 Å². The summed E-state index contributed by atoms with van der Waals surface area (Å²) in [7, 11) is 0. The van der Waals surface area contributed by atoms with E-state index in [4.69, 9.17) is 47.0 Å². The molecule has 0 bridgehead atoms. The molecule has 2 nitrogen and oxygen atoms in total. The molecule has 0 N–H and O–H groups in total. The van der Waals surface area contributed by atoms with E-state index in [-0.39, 0.29) is 5.91 Å². The van der Waals surface area contributed by atoms with Crippen molar-refractivity contribution >= 4 is 80.8 Å². The number of benzene rings is 2. The number of hydrogen-bond acceptors (Lipinski definition) is 3. The van der Waals surface area contributed by atoms with E-state index in [1.807, 2.05) is 19.1 Å². The fraction of sp³-hybridized carbons (Fsp3) is 0.0588. The fourth-order valence-electron chi connectivity index (χ4n) is 2.16. The molecule has 1 aliphatic rings. The molecule has 2 aromatic carbocycles. The molecule has 0 radical (unpaired) electrons. The third-order valence-electron chi connectivity index (χ3n) is 3.45. The second-order valence-corrected chi connectivity index (χ2v) is 8.02. The first-order valence-electron chi connectivity index (χ1n) is 6.86. The zero-order valence-electron chi connectivity index (χ0n) is 12.3. The van der Waals surface area contributed by atoms with E-state index in [0.29, 0.717) is 30.0 Å². The van der Waals surface area contributed by atoms with Crippen molar-refractivity contribution in [2.45, 2.75) is 6.92 Å². The number of nitrogens with zero attached hydrogens (tertiary/aromatic N) is 1. The number of hydrogen-bond donors (Lipinski definition) is 0. The predicted molar refractivity (Wildman–Crippen MR) is 108 cm³/mol. The molecule has 2 aromatic rings. The summed E-state index contributed by atoms with van der Waals surface area (Å²) in [5, 5.41) is 1.50. The lowest BCUT2D eigenvalue weighted by Crippen LogP contribution is -2.27. The van der Waals surface area contributed by atoms with Crippen molar-refractivity contribution in [2.24, 2.45) is 0 Å². The first-order chi connectivity index (χ1) is 11.4. The van der Waals surface area contributed by atoms with Crippen LogP contribution in [0.1, 0.15) is 11.1 Å². The van der Waals surface area contributed by atoms with Gasteiger partial charge in [-0.2, -0.15) is 0 Å². The van der Waals surface area contributed by atoms with E-state index in [2.05, 4.69) is 0 Å². The maximum absolute atomic E-state index is 12.7. The summed E-state index contributed by atoms with van der Waals surface area (Å²) in [5.41, 5.74) is 2.38. The molecule has 0 aliphatic carbocycles. The summed E-state index contributed by atoms with van der Waals surface area (Å²) < 4.78 is 0.464. The average Bonchev–Trinajstić information content (AvgIpc) is 2.80. The SMILES string of the molecule is Cc1ccc(N2C(=O)/C(=C/c3ccc(Cl)c(Cl)c3)SC2=S)cc1Cl. The zero-order chi connectivity index (χ0) is 17.4. The van der Waals surface area contributed by atoms with Crippen molar-refractivity contribution < 1.29 is 4.79 Å². The Hall–Kier alpha value is -1.04. The number of anilines is 1. The normalized spacial score (nSPS) is 16.3. The molecule has 0 saturated carbocycles. The lowest BCUT2D eigenvalue weighted by molar-refractivity contribution is -0.113. The molecule has 1 saturated heterocycles.